The highest BCUT2D eigenvalue weighted by Gasteiger charge is 2.24. The van der Waals surface area contributed by atoms with E-state index in [0.717, 1.165) is 23.1 Å². The van der Waals surface area contributed by atoms with Crippen LogP contribution < -0.4 is 10.6 Å². The SMILES string of the molecule is N#Cc1nnc2ccccc2c1N1CCOC(CN)C1. The molecule has 1 atom stereocenters. The van der Waals surface area contributed by atoms with Crippen LogP contribution in [0.5, 0.6) is 0 Å². The Hall–Kier alpha value is -2.23. The van der Waals surface area contributed by atoms with Gasteiger partial charge in [-0.25, -0.2) is 0 Å². The van der Waals surface area contributed by atoms with Crippen molar-refractivity contribution >= 4 is 16.6 Å². The second kappa shape index (κ2) is 5.41. The molecule has 3 rings (SSSR count). The highest BCUT2D eigenvalue weighted by atomic mass is 16.5. The lowest BCUT2D eigenvalue weighted by Crippen LogP contribution is -2.46. The van der Waals surface area contributed by atoms with Gasteiger partial charge in [0.05, 0.1) is 23.9 Å². The van der Waals surface area contributed by atoms with E-state index in [1.807, 2.05) is 24.3 Å². The fraction of sp³-hybridized carbons (Fsp3) is 0.357. The summed E-state index contributed by atoms with van der Waals surface area (Å²) in [5.74, 6) is 0. The Balaban J connectivity index is 2.11. The van der Waals surface area contributed by atoms with Gasteiger partial charge in [0, 0.05) is 25.0 Å². The first-order valence-electron chi connectivity index (χ1n) is 6.55. The molecule has 0 amide bonds. The molecule has 0 radical (unpaired) electrons. The predicted octanol–water partition coefficient (Wildman–Crippen LogP) is 0.665. The van der Waals surface area contributed by atoms with Crippen LogP contribution in [0.3, 0.4) is 0 Å². The van der Waals surface area contributed by atoms with Crippen LogP contribution in [-0.4, -0.2) is 42.5 Å². The molecule has 6 heteroatoms. The second-order valence-electron chi connectivity index (χ2n) is 4.70. The van der Waals surface area contributed by atoms with E-state index in [-0.39, 0.29) is 6.10 Å². The number of benzene rings is 1. The van der Waals surface area contributed by atoms with E-state index in [1.54, 1.807) is 0 Å². The zero-order chi connectivity index (χ0) is 13.9. The van der Waals surface area contributed by atoms with Crippen LogP contribution in [0.15, 0.2) is 24.3 Å². The monoisotopic (exact) mass is 269 g/mol. The normalized spacial score (nSPS) is 19.0. The van der Waals surface area contributed by atoms with E-state index < -0.39 is 0 Å². The number of aromatic nitrogens is 2. The molecule has 0 spiro atoms. The van der Waals surface area contributed by atoms with Gasteiger partial charge in [0.2, 0.25) is 0 Å². The molecule has 1 saturated heterocycles. The highest BCUT2D eigenvalue weighted by molar-refractivity contribution is 5.93. The van der Waals surface area contributed by atoms with Gasteiger partial charge < -0.3 is 15.4 Å². The molecule has 0 aliphatic carbocycles. The van der Waals surface area contributed by atoms with Crippen molar-refractivity contribution in [1.29, 1.82) is 5.26 Å². The van der Waals surface area contributed by atoms with Crippen molar-refractivity contribution in [3.63, 3.8) is 0 Å². The fourth-order valence-corrected chi connectivity index (χ4v) is 2.50. The third-order valence-corrected chi connectivity index (χ3v) is 3.47. The minimum atomic E-state index is -0.0118. The van der Waals surface area contributed by atoms with Crippen molar-refractivity contribution in [2.24, 2.45) is 5.73 Å². The van der Waals surface area contributed by atoms with Gasteiger partial charge in [-0.15, -0.1) is 10.2 Å². The van der Waals surface area contributed by atoms with Crippen LogP contribution in [0.1, 0.15) is 5.69 Å². The number of nitrogens with zero attached hydrogens (tertiary/aromatic N) is 4. The third kappa shape index (κ3) is 2.18. The molecule has 2 N–H and O–H groups in total. The minimum Gasteiger partial charge on any atom is -0.373 e. The number of hydrogen-bond donors (Lipinski definition) is 1. The lowest BCUT2D eigenvalue weighted by molar-refractivity contribution is 0.0466. The summed E-state index contributed by atoms with van der Waals surface area (Å²) in [4.78, 5) is 2.12. The molecule has 6 nitrogen and oxygen atoms in total. The molecule has 2 aromatic rings. The van der Waals surface area contributed by atoms with Crippen LogP contribution in [0.2, 0.25) is 0 Å². The van der Waals surface area contributed by atoms with Gasteiger partial charge in [-0.3, -0.25) is 0 Å². The van der Waals surface area contributed by atoms with E-state index in [9.17, 15) is 5.26 Å². The van der Waals surface area contributed by atoms with Crippen LogP contribution in [-0.2, 0) is 4.74 Å². The first kappa shape index (κ1) is 12.8. The number of nitrogens with two attached hydrogens (primary N) is 1. The first-order valence-corrected chi connectivity index (χ1v) is 6.55. The summed E-state index contributed by atoms with van der Waals surface area (Å²) in [7, 11) is 0. The Labute approximate surface area is 116 Å². The number of anilines is 1. The first-order chi connectivity index (χ1) is 9.83. The molecular formula is C14H15N5O. The smallest absolute Gasteiger partial charge is 0.187 e. The second-order valence-corrected chi connectivity index (χ2v) is 4.70. The molecule has 1 aliphatic rings. The van der Waals surface area contributed by atoms with Gasteiger partial charge in [-0.1, -0.05) is 18.2 Å². The lowest BCUT2D eigenvalue weighted by atomic mass is 10.1. The van der Waals surface area contributed by atoms with E-state index >= 15 is 0 Å². The van der Waals surface area contributed by atoms with E-state index in [1.165, 1.54) is 0 Å². The molecule has 0 bridgehead atoms. The Kier molecular flexibility index (Phi) is 3.46. The van der Waals surface area contributed by atoms with Gasteiger partial charge in [0.25, 0.3) is 0 Å². The zero-order valence-electron chi connectivity index (χ0n) is 11.0. The van der Waals surface area contributed by atoms with Gasteiger partial charge in [0.15, 0.2) is 5.69 Å². The summed E-state index contributed by atoms with van der Waals surface area (Å²) < 4.78 is 5.58. The molecular weight excluding hydrogens is 254 g/mol. The van der Waals surface area contributed by atoms with Crippen molar-refractivity contribution in [3.8, 4) is 6.07 Å². The molecule has 102 valence electrons. The number of rotatable bonds is 2. The maximum atomic E-state index is 9.30. The van der Waals surface area contributed by atoms with E-state index in [4.69, 9.17) is 10.5 Å². The Morgan fingerprint density at radius 1 is 1.40 bits per heavy atom. The molecule has 1 aromatic carbocycles. The Morgan fingerprint density at radius 3 is 3.05 bits per heavy atom. The van der Waals surface area contributed by atoms with Crippen molar-refractivity contribution in [3.05, 3.63) is 30.0 Å². The van der Waals surface area contributed by atoms with E-state index in [0.29, 0.717) is 25.4 Å². The number of hydrogen-bond acceptors (Lipinski definition) is 6. The quantitative estimate of drug-likeness (QED) is 0.862. The fourth-order valence-electron chi connectivity index (χ4n) is 2.50. The highest BCUT2D eigenvalue weighted by Crippen LogP contribution is 2.29. The topological polar surface area (TPSA) is 88.1 Å². The van der Waals surface area contributed by atoms with Gasteiger partial charge in [-0.05, 0) is 6.07 Å². The third-order valence-electron chi connectivity index (χ3n) is 3.47. The number of fused-ring (bicyclic) bond motifs is 1. The predicted molar refractivity (Wildman–Crippen MR) is 75.3 cm³/mol. The average Bonchev–Trinajstić information content (AvgIpc) is 2.53. The van der Waals surface area contributed by atoms with Crippen LogP contribution >= 0.6 is 0 Å². The molecule has 1 aromatic heterocycles. The number of nitriles is 1. The van der Waals surface area contributed by atoms with Crippen molar-refractivity contribution in [1.82, 2.24) is 10.2 Å². The maximum absolute atomic E-state index is 9.30. The number of ether oxygens (including phenoxy) is 1. The van der Waals surface area contributed by atoms with Crippen LogP contribution in [0, 0.1) is 11.3 Å². The van der Waals surface area contributed by atoms with Gasteiger partial charge >= 0.3 is 0 Å². The summed E-state index contributed by atoms with van der Waals surface area (Å²) in [6, 6.07) is 9.84. The van der Waals surface area contributed by atoms with Crippen molar-refractivity contribution < 1.29 is 4.74 Å². The zero-order valence-corrected chi connectivity index (χ0v) is 11.0. The van der Waals surface area contributed by atoms with E-state index in [2.05, 4.69) is 21.2 Å². The minimum absolute atomic E-state index is 0.0118. The average molecular weight is 269 g/mol. The molecule has 2 heterocycles. The molecule has 1 aliphatic heterocycles. The molecule has 1 unspecified atom stereocenters. The summed E-state index contributed by atoms with van der Waals surface area (Å²) >= 11 is 0. The molecule has 1 fully saturated rings. The molecule has 0 saturated carbocycles. The Bertz CT molecular complexity index is 666. The lowest BCUT2D eigenvalue weighted by Gasteiger charge is -2.34. The van der Waals surface area contributed by atoms with Crippen LogP contribution in [0.4, 0.5) is 5.69 Å². The standard InChI is InChI=1S/C14H15N5O/c15-7-10-9-19(5-6-20-10)14-11-3-1-2-4-12(11)17-18-13(14)8-16/h1-4,10H,5-7,9,15H2. The summed E-state index contributed by atoms with van der Waals surface area (Å²) in [5, 5.41) is 18.4. The van der Waals surface area contributed by atoms with Gasteiger partial charge in [0.1, 0.15) is 6.07 Å². The number of morpholine rings is 1. The summed E-state index contributed by atoms with van der Waals surface area (Å²) in [6.45, 7) is 2.46. The largest absolute Gasteiger partial charge is 0.373 e. The summed E-state index contributed by atoms with van der Waals surface area (Å²) in [6.07, 6.45) is -0.0118. The van der Waals surface area contributed by atoms with Gasteiger partial charge in [-0.2, -0.15) is 5.26 Å². The summed E-state index contributed by atoms with van der Waals surface area (Å²) in [5.41, 5.74) is 7.65. The molecule has 20 heavy (non-hydrogen) atoms. The Morgan fingerprint density at radius 2 is 2.25 bits per heavy atom. The van der Waals surface area contributed by atoms with Crippen molar-refractivity contribution in [2.45, 2.75) is 6.10 Å². The van der Waals surface area contributed by atoms with Crippen molar-refractivity contribution in [2.75, 3.05) is 31.1 Å². The maximum Gasteiger partial charge on any atom is 0.187 e. The van der Waals surface area contributed by atoms with Crippen LogP contribution in [0.25, 0.3) is 10.9 Å².